The zero-order valence-corrected chi connectivity index (χ0v) is 13.9. The Morgan fingerprint density at radius 2 is 1.96 bits per heavy atom. The van der Waals surface area contributed by atoms with E-state index in [1.807, 2.05) is 24.3 Å². The number of carbonyl (C=O) groups is 2. The van der Waals surface area contributed by atoms with E-state index in [0.717, 1.165) is 17.0 Å². The highest BCUT2D eigenvalue weighted by molar-refractivity contribution is 6.31. The van der Waals surface area contributed by atoms with Crippen molar-refractivity contribution in [2.75, 3.05) is 5.32 Å². The first-order valence-electron chi connectivity index (χ1n) is 7.48. The van der Waals surface area contributed by atoms with Crippen LogP contribution in [0.1, 0.15) is 17.4 Å². The van der Waals surface area contributed by atoms with Crippen LogP contribution in [-0.2, 0) is 9.53 Å². The van der Waals surface area contributed by atoms with E-state index in [1.165, 1.54) is 19.1 Å². The zero-order chi connectivity index (χ0) is 18.0. The second-order valence-corrected chi connectivity index (χ2v) is 5.84. The summed E-state index contributed by atoms with van der Waals surface area (Å²) in [4.78, 5) is 27.2. The Kier molecular flexibility index (Phi) is 4.72. The van der Waals surface area contributed by atoms with Crippen LogP contribution in [0, 0.1) is 5.82 Å². The number of halogens is 2. The Morgan fingerprint density at radius 3 is 2.68 bits per heavy atom. The van der Waals surface area contributed by atoms with Crippen molar-refractivity contribution in [1.82, 2.24) is 4.98 Å². The Hall–Kier alpha value is -2.86. The molecule has 2 aromatic carbocycles. The number of benzene rings is 2. The molecule has 128 valence electrons. The lowest BCUT2D eigenvalue weighted by atomic mass is 10.2. The van der Waals surface area contributed by atoms with Gasteiger partial charge in [0.25, 0.3) is 5.91 Å². The summed E-state index contributed by atoms with van der Waals surface area (Å²) in [6, 6.07) is 12.8. The van der Waals surface area contributed by atoms with E-state index >= 15 is 0 Å². The summed E-state index contributed by atoms with van der Waals surface area (Å²) in [5.74, 6) is -1.78. The normalized spacial score (nSPS) is 12.0. The van der Waals surface area contributed by atoms with Gasteiger partial charge in [0.2, 0.25) is 0 Å². The molecule has 0 spiro atoms. The number of H-pyrrole nitrogens is 1. The van der Waals surface area contributed by atoms with Crippen LogP contribution in [0.15, 0.2) is 48.5 Å². The lowest BCUT2D eigenvalue weighted by Gasteiger charge is -2.13. The van der Waals surface area contributed by atoms with Gasteiger partial charge in [-0.3, -0.25) is 4.79 Å². The first-order valence-corrected chi connectivity index (χ1v) is 7.86. The maximum atomic E-state index is 13.1. The molecule has 0 bridgehead atoms. The maximum absolute atomic E-state index is 13.1. The standard InChI is InChI=1S/C18H14ClFN2O3/c1-10(17(23)21-12-6-7-14(20)13(19)9-12)25-18(24)16-8-11-4-2-3-5-15(11)22-16/h2-10,22H,1H3,(H,21,23)/t10-/m0/s1. The molecular formula is C18H14ClFN2O3. The van der Waals surface area contributed by atoms with Gasteiger partial charge in [-0.2, -0.15) is 0 Å². The highest BCUT2D eigenvalue weighted by Crippen LogP contribution is 2.20. The van der Waals surface area contributed by atoms with Crippen molar-refractivity contribution in [2.45, 2.75) is 13.0 Å². The number of para-hydroxylation sites is 1. The molecule has 0 fully saturated rings. The number of amides is 1. The molecule has 1 atom stereocenters. The van der Waals surface area contributed by atoms with E-state index in [0.29, 0.717) is 5.69 Å². The molecule has 1 amide bonds. The largest absolute Gasteiger partial charge is 0.448 e. The van der Waals surface area contributed by atoms with Crippen LogP contribution in [0.3, 0.4) is 0 Å². The van der Waals surface area contributed by atoms with Crippen LogP contribution < -0.4 is 5.32 Å². The van der Waals surface area contributed by atoms with Gasteiger partial charge in [-0.15, -0.1) is 0 Å². The number of hydrogen-bond donors (Lipinski definition) is 2. The minimum absolute atomic E-state index is 0.111. The summed E-state index contributed by atoms with van der Waals surface area (Å²) in [5, 5.41) is 3.27. The number of nitrogens with one attached hydrogen (secondary N) is 2. The summed E-state index contributed by atoms with van der Waals surface area (Å²) in [5.41, 5.74) is 1.36. The molecule has 0 radical (unpaired) electrons. The molecule has 0 aliphatic heterocycles. The Balaban J connectivity index is 1.65. The molecule has 5 nitrogen and oxygen atoms in total. The van der Waals surface area contributed by atoms with E-state index in [4.69, 9.17) is 16.3 Å². The number of fused-ring (bicyclic) bond motifs is 1. The predicted molar refractivity (Wildman–Crippen MR) is 93.2 cm³/mol. The first-order chi connectivity index (χ1) is 11.9. The summed E-state index contributed by atoms with van der Waals surface area (Å²) in [6.07, 6.45) is -1.04. The zero-order valence-electron chi connectivity index (χ0n) is 13.2. The van der Waals surface area contributed by atoms with Gasteiger partial charge in [-0.1, -0.05) is 29.8 Å². The molecule has 7 heteroatoms. The molecule has 1 aromatic heterocycles. The second kappa shape index (κ2) is 6.94. The van der Waals surface area contributed by atoms with Gasteiger partial charge in [0, 0.05) is 16.6 Å². The minimum Gasteiger partial charge on any atom is -0.448 e. The molecule has 3 aromatic rings. The first kappa shape index (κ1) is 17.0. The lowest BCUT2D eigenvalue weighted by molar-refractivity contribution is -0.123. The molecule has 0 unspecified atom stereocenters. The molecule has 0 saturated heterocycles. The van der Waals surface area contributed by atoms with Gasteiger partial charge < -0.3 is 15.0 Å². The minimum atomic E-state index is -1.04. The third kappa shape index (κ3) is 3.80. The Labute approximate surface area is 147 Å². The molecule has 2 N–H and O–H groups in total. The van der Waals surface area contributed by atoms with Crippen molar-refractivity contribution in [1.29, 1.82) is 0 Å². The number of aromatic amines is 1. The van der Waals surface area contributed by atoms with Gasteiger partial charge in [0.05, 0.1) is 5.02 Å². The van der Waals surface area contributed by atoms with E-state index in [1.54, 1.807) is 6.07 Å². The summed E-state index contributed by atoms with van der Waals surface area (Å²) >= 11 is 5.66. The van der Waals surface area contributed by atoms with Crippen molar-refractivity contribution in [3.05, 3.63) is 65.1 Å². The van der Waals surface area contributed by atoms with Crippen LogP contribution in [0.25, 0.3) is 10.9 Å². The van der Waals surface area contributed by atoms with Gasteiger partial charge in [-0.05, 0) is 37.3 Å². The van der Waals surface area contributed by atoms with E-state index in [2.05, 4.69) is 10.3 Å². The average Bonchev–Trinajstić information content (AvgIpc) is 3.02. The molecule has 0 saturated carbocycles. The van der Waals surface area contributed by atoms with Crippen LogP contribution >= 0.6 is 11.6 Å². The molecule has 3 rings (SSSR count). The van der Waals surface area contributed by atoms with Gasteiger partial charge in [-0.25, -0.2) is 9.18 Å². The summed E-state index contributed by atoms with van der Waals surface area (Å²) in [7, 11) is 0. The van der Waals surface area contributed by atoms with Crippen molar-refractivity contribution in [3.63, 3.8) is 0 Å². The van der Waals surface area contributed by atoms with Gasteiger partial charge in [0.1, 0.15) is 11.5 Å². The second-order valence-electron chi connectivity index (χ2n) is 5.44. The van der Waals surface area contributed by atoms with Crippen LogP contribution in [0.4, 0.5) is 10.1 Å². The number of ether oxygens (including phenoxy) is 1. The van der Waals surface area contributed by atoms with Crippen molar-refractivity contribution < 1.29 is 18.7 Å². The topological polar surface area (TPSA) is 71.2 Å². The SMILES string of the molecule is C[C@H](OC(=O)c1cc2ccccc2[nH]1)C(=O)Nc1ccc(F)c(Cl)c1. The fourth-order valence-corrected chi connectivity index (χ4v) is 2.46. The van der Waals surface area contributed by atoms with E-state index in [9.17, 15) is 14.0 Å². The fraction of sp³-hybridized carbons (Fsp3) is 0.111. The van der Waals surface area contributed by atoms with E-state index in [-0.39, 0.29) is 10.7 Å². The Morgan fingerprint density at radius 1 is 1.20 bits per heavy atom. The molecule has 0 aliphatic rings. The van der Waals surface area contributed by atoms with E-state index < -0.39 is 23.8 Å². The van der Waals surface area contributed by atoms with Gasteiger partial charge in [0.15, 0.2) is 6.10 Å². The molecule has 0 aliphatic carbocycles. The summed E-state index contributed by atoms with van der Waals surface area (Å²) in [6.45, 7) is 1.45. The number of anilines is 1. The monoisotopic (exact) mass is 360 g/mol. The highest BCUT2D eigenvalue weighted by Gasteiger charge is 2.20. The molecule has 25 heavy (non-hydrogen) atoms. The fourth-order valence-electron chi connectivity index (χ4n) is 2.28. The number of hydrogen-bond acceptors (Lipinski definition) is 3. The number of carbonyl (C=O) groups excluding carboxylic acids is 2. The molecule has 1 heterocycles. The third-order valence-electron chi connectivity index (χ3n) is 3.59. The highest BCUT2D eigenvalue weighted by atomic mass is 35.5. The number of aromatic nitrogens is 1. The van der Waals surface area contributed by atoms with Crippen LogP contribution in [0.2, 0.25) is 5.02 Å². The Bertz CT molecular complexity index is 921. The number of esters is 1. The number of rotatable bonds is 4. The van der Waals surface area contributed by atoms with Crippen LogP contribution in [-0.4, -0.2) is 23.0 Å². The van der Waals surface area contributed by atoms with Crippen molar-refractivity contribution in [2.24, 2.45) is 0 Å². The average molecular weight is 361 g/mol. The van der Waals surface area contributed by atoms with Crippen LogP contribution in [0.5, 0.6) is 0 Å². The quantitative estimate of drug-likeness (QED) is 0.687. The predicted octanol–water partition coefficient (Wildman–Crippen LogP) is 4.14. The third-order valence-corrected chi connectivity index (χ3v) is 3.88. The summed E-state index contributed by atoms with van der Waals surface area (Å²) < 4.78 is 18.3. The maximum Gasteiger partial charge on any atom is 0.355 e. The smallest absolute Gasteiger partial charge is 0.355 e. The molecular weight excluding hydrogens is 347 g/mol. The van der Waals surface area contributed by atoms with Crippen molar-refractivity contribution in [3.8, 4) is 0 Å². The lowest BCUT2D eigenvalue weighted by Crippen LogP contribution is -2.30. The van der Waals surface area contributed by atoms with Crippen molar-refractivity contribution >= 4 is 40.1 Å². The van der Waals surface area contributed by atoms with Gasteiger partial charge >= 0.3 is 5.97 Å².